The molecule has 2 aromatic carbocycles. The Balaban J connectivity index is 1.64. The number of carboxylic acid groups (broad SMARTS) is 1. The first-order valence-corrected chi connectivity index (χ1v) is 9.08. The number of carboxylic acids is 1. The minimum Gasteiger partial charge on any atom is -0.493 e. The number of nitrogens with zero attached hydrogens (tertiary/aromatic N) is 1. The second-order valence-electron chi connectivity index (χ2n) is 6.64. The number of hydrogen-bond donors (Lipinski definition) is 2. The van der Waals surface area contributed by atoms with E-state index < -0.39 is 12.0 Å². The van der Waals surface area contributed by atoms with E-state index in [9.17, 15) is 9.90 Å². The molecular formula is C21H25NO5. The first kappa shape index (κ1) is 19.2. The molecule has 0 radical (unpaired) electrons. The van der Waals surface area contributed by atoms with E-state index in [2.05, 4.69) is 0 Å². The van der Waals surface area contributed by atoms with Gasteiger partial charge in [-0.25, -0.2) is 0 Å². The largest absolute Gasteiger partial charge is 0.493 e. The van der Waals surface area contributed by atoms with Crippen LogP contribution in [0.4, 0.5) is 0 Å². The molecule has 0 spiro atoms. The summed E-state index contributed by atoms with van der Waals surface area (Å²) in [6, 6.07) is 14.0. The zero-order valence-electron chi connectivity index (χ0n) is 15.4. The third-order valence-electron chi connectivity index (χ3n) is 4.92. The van der Waals surface area contributed by atoms with Crippen molar-refractivity contribution in [3.8, 4) is 11.5 Å². The topological polar surface area (TPSA) is 79.2 Å². The SMILES string of the molecule is COc1ccccc1OC1CCN(C(C(=O)O)c2ccc(CO)cc2)CC1. The number of ether oxygens (including phenoxy) is 2. The molecule has 6 nitrogen and oxygen atoms in total. The molecule has 0 bridgehead atoms. The quantitative estimate of drug-likeness (QED) is 0.779. The van der Waals surface area contributed by atoms with E-state index in [1.165, 1.54) is 0 Å². The highest BCUT2D eigenvalue weighted by Crippen LogP contribution is 2.31. The lowest BCUT2D eigenvalue weighted by molar-refractivity contribution is -0.144. The van der Waals surface area contributed by atoms with Gasteiger partial charge in [0.2, 0.25) is 0 Å². The van der Waals surface area contributed by atoms with Crippen molar-refractivity contribution in [3.63, 3.8) is 0 Å². The fourth-order valence-corrected chi connectivity index (χ4v) is 3.46. The maximum Gasteiger partial charge on any atom is 0.325 e. The van der Waals surface area contributed by atoms with E-state index in [1.807, 2.05) is 29.2 Å². The summed E-state index contributed by atoms with van der Waals surface area (Å²) in [6.45, 7) is 1.22. The second kappa shape index (κ2) is 8.88. The normalized spacial score (nSPS) is 16.7. The van der Waals surface area contributed by atoms with Gasteiger partial charge in [0.25, 0.3) is 0 Å². The summed E-state index contributed by atoms with van der Waals surface area (Å²) in [5.41, 5.74) is 1.50. The number of rotatable bonds is 7. The summed E-state index contributed by atoms with van der Waals surface area (Å²) >= 11 is 0. The minimum absolute atomic E-state index is 0.0313. The van der Waals surface area contributed by atoms with Gasteiger partial charge >= 0.3 is 5.97 Å². The Kier molecular flexibility index (Phi) is 6.32. The van der Waals surface area contributed by atoms with Gasteiger partial charge in [-0.2, -0.15) is 0 Å². The Morgan fingerprint density at radius 1 is 1.11 bits per heavy atom. The van der Waals surface area contributed by atoms with E-state index in [0.717, 1.165) is 24.0 Å². The molecule has 3 rings (SSSR count). The molecule has 1 aliphatic heterocycles. The molecule has 0 amide bonds. The van der Waals surface area contributed by atoms with Crippen LogP contribution in [0.5, 0.6) is 11.5 Å². The number of likely N-dealkylation sites (tertiary alicyclic amines) is 1. The molecule has 1 unspecified atom stereocenters. The van der Waals surface area contributed by atoms with Crippen LogP contribution in [-0.2, 0) is 11.4 Å². The maximum absolute atomic E-state index is 11.9. The molecule has 1 heterocycles. The number of aliphatic carboxylic acids is 1. The fourth-order valence-electron chi connectivity index (χ4n) is 3.46. The molecule has 0 saturated carbocycles. The maximum atomic E-state index is 11.9. The van der Waals surface area contributed by atoms with Crippen LogP contribution < -0.4 is 9.47 Å². The summed E-state index contributed by atoms with van der Waals surface area (Å²) in [4.78, 5) is 13.8. The molecule has 1 fully saturated rings. The van der Waals surface area contributed by atoms with Crippen LogP contribution in [0.2, 0.25) is 0 Å². The van der Waals surface area contributed by atoms with Gasteiger partial charge in [-0.05, 0) is 36.1 Å². The molecule has 2 aromatic rings. The van der Waals surface area contributed by atoms with Crippen LogP contribution in [-0.4, -0.2) is 47.4 Å². The smallest absolute Gasteiger partial charge is 0.325 e. The number of hydrogen-bond acceptors (Lipinski definition) is 5. The van der Waals surface area contributed by atoms with E-state index in [1.54, 1.807) is 31.4 Å². The number of methoxy groups -OCH3 is 1. The van der Waals surface area contributed by atoms with Crippen LogP contribution in [0.15, 0.2) is 48.5 Å². The molecule has 1 saturated heterocycles. The summed E-state index contributed by atoms with van der Waals surface area (Å²) in [7, 11) is 1.62. The molecular weight excluding hydrogens is 346 g/mol. The molecule has 27 heavy (non-hydrogen) atoms. The third kappa shape index (κ3) is 4.59. The number of piperidine rings is 1. The molecule has 6 heteroatoms. The Morgan fingerprint density at radius 3 is 2.30 bits per heavy atom. The Morgan fingerprint density at radius 2 is 1.74 bits per heavy atom. The zero-order valence-corrected chi connectivity index (χ0v) is 15.4. The van der Waals surface area contributed by atoms with E-state index in [0.29, 0.717) is 24.6 Å². The van der Waals surface area contributed by atoms with Gasteiger partial charge < -0.3 is 19.7 Å². The molecule has 144 valence electrons. The summed E-state index contributed by atoms with van der Waals surface area (Å²) in [5.74, 6) is 0.552. The predicted octanol–water partition coefficient (Wildman–Crippen LogP) is 2.86. The number of para-hydroxylation sites is 2. The van der Waals surface area contributed by atoms with Crippen molar-refractivity contribution in [2.75, 3.05) is 20.2 Å². The number of aliphatic hydroxyl groups excluding tert-OH is 1. The van der Waals surface area contributed by atoms with Crippen molar-refractivity contribution in [3.05, 3.63) is 59.7 Å². The molecule has 0 aromatic heterocycles. The Bertz CT molecular complexity index is 753. The lowest BCUT2D eigenvalue weighted by Gasteiger charge is -2.36. The highest BCUT2D eigenvalue weighted by atomic mass is 16.5. The fraction of sp³-hybridized carbons (Fsp3) is 0.381. The van der Waals surface area contributed by atoms with Crippen molar-refractivity contribution in [2.24, 2.45) is 0 Å². The van der Waals surface area contributed by atoms with Crippen molar-refractivity contribution in [1.29, 1.82) is 0 Å². The van der Waals surface area contributed by atoms with Gasteiger partial charge in [-0.15, -0.1) is 0 Å². The van der Waals surface area contributed by atoms with Gasteiger partial charge in [-0.3, -0.25) is 9.69 Å². The lowest BCUT2D eigenvalue weighted by atomic mass is 9.99. The summed E-state index contributed by atoms with van der Waals surface area (Å²) in [6.07, 6.45) is 1.52. The van der Waals surface area contributed by atoms with E-state index >= 15 is 0 Å². The van der Waals surface area contributed by atoms with Crippen molar-refractivity contribution in [2.45, 2.75) is 31.6 Å². The monoisotopic (exact) mass is 371 g/mol. The molecule has 0 aliphatic carbocycles. The Labute approximate surface area is 159 Å². The average molecular weight is 371 g/mol. The molecule has 1 aliphatic rings. The van der Waals surface area contributed by atoms with Crippen LogP contribution >= 0.6 is 0 Å². The average Bonchev–Trinajstić information content (AvgIpc) is 2.70. The molecule has 2 N–H and O–H groups in total. The summed E-state index contributed by atoms with van der Waals surface area (Å²) < 4.78 is 11.4. The van der Waals surface area contributed by atoms with Crippen LogP contribution in [0, 0.1) is 0 Å². The Hall–Kier alpha value is -2.57. The van der Waals surface area contributed by atoms with Crippen LogP contribution in [0.3, 0.4) is 0 Å². The molecule has 1 atom stereocenters. The van der Waals surface area contributed by atoms with Gasteiger partial charge in [0.1, 0.15) is 12.1 Å². The highest BCUT2D eigenvalue weighted by Gasteiger charge is 2.31. The number of benzene rings is 2. The highest BCUT2D eigenvalue weighted by molar-refractivity contribution is 5.75. The predicted molar refractivity (Wildman–Crippen MR) is 101 cm³/mol. The number of aliphatic hydroxyl groups is 1. The number of carbonyl (C=O) groups is 1. The van der Waals surface area contributed by atoms with Crippen molar-refractivity contribution >= 4 is 5.97 Å². The van der Waals surface area contributed by atoms with Crippen LogP contribution in [0.1, 0.15) is 30.0 Å². The van der Waals surface area contributed by atoms with Crippen LogP contribution in [0.25, 0.3) is 0 Å². The minimum atomic E-state index is -0.865. The van der Waals surface area contributed by atoms with Gasteiger partial charge in [0.15, 0.2) is 11.5 Å². The lowest BCUT2D eigenvalue weighted by Crippen LogP contribution is -2.43. The van der Waals surface area contributed by atoms with Gasteiger partial charge in [0, 0.05) is 13.1 Å². The summed E-state index contributed by atoms with van der Waals surface area (Å²) in [5, 5.41) is 18.9. The second-order valence-corrected chi connectivity index (χ2v) is 6.64. The zero-order chi connectivity index (χ0) is 19.2. The first-order chi connectivity index (χ1) is 13.1. The van der Waals surface area contributed by atoms with Crippen molar-refractivity contribution < 1.29 is 24.5 Å². The van der Waals surface area contributed by atoms with E-state index in [4.69, 9.17) is 14.6 Å². The first-order valence-electron chi connectivity index (χ1n) is 9.08. The van der Waals surface area contributed by atoms with E-state index in [-0.39, 0.29) is 12.7 Å². The third-order valence-corrected chi connectivity index (χ3v) is 4.92. The van der Waals surface area contributed by atoms with Gasteiger partial charge in [-0.1, -0.05) is 36.4 Å². The van der Waals surface area contributed by atoms with Crippen molar-refractivity contribution in [1.82, 2.24) is 4.90 Å². The van der Waals surface area contributed by atoms with Gasteiger partial charge in [0.05, 0.1) is 13.7 Å². The standard InChI is InChI=1S/C21H25NO5/c1-26-18-4-2-3-5-19(18)27-17-10-12-22(13-11-17)20(21(24)25)16-8-6-15(14-23)7-9-16/h2-9,17,20,23H,10-14H2,1H3,(H,24,25).